The normalized spacial score (nSPS) is 10.9. The summed E-state index contributed by atoms with van der Waals surface area (Å²) < 4.78 is 5.04. The first kappa shape index (κ1) is 11.4. The van der Waals surface area contributed by atoms with Gasteiger partial charge in [0.1, 0.15) is 5.60 Å². The third-order valence-electron chi connectivity index (χ3n) is 1.36. The largest absolute Gasteiger partial charge is 0.442 e. The molecule has 0 atom stereocenters. The number of carbonyl (C=O) groups is 1. The van der Waals surface area contributed by atoms with Crippen molar-refractivity contribution in [1.29, 1.82) is 0 Å². The molecule has 0 aliphatic heterocycles. The number of hydrogen-bond donors (Lipinski definition) is 1. The summed E-state index contributed by atoms with van der Waals surface area (Å²) in [5.41, 5.74) is -0.594. The lowest BCUT2D eigenvalue weighted by Crippen LogP contribution is -2.42. The Hall–Kier alpha value is -1.69. The molecule has 0 aliphatic rings. The Morgan fingerprint density at radius 3 is 2.40 bits per heavy atom. The van der Waals surface area contributed by atoms with Gasteiger partial charge in [-0.1, -0.05) is 0 Å². The van der Waals surface area contributed by atoms with Gasteiger partial charge in [-0.3, -0.25) is 0 Å². The van der Waals surface area contributed by atoms with Crippen LogP contribution in [-0.2, 0) is 4.74 Å². The predicted octanol–water partition coefficient (Wildman–Crippen LogP) is 1.09. The van der Waals surface area contributed by atoms with Crippen LogP contribution in [0.15, 0.2) is 18.5 Å². The number of nitrogens with two attached hydrogens (primary N) is 1. The number of anilines is 1. The number of hydrazine groups is 1. The average Bonchev–Trinajstić information content (AvgIpc) is 2.15. The van der Waals surface area contributed by atoms with Crippen molar-refractivity contribution in [3.05, 3.63) is 18.5 Å². The highest BCUT2D eigenvalue weighted by molar-refractivity contribution is 5.84. The maximum Gasteiger partial charge on any atom is 0.432 e. The van der Waals surface area contributed by atoms with Crippen LogP contribution >= 0.6 is 0 Å². The Bertz CT molecular complexity index is 334. The van der Waals surface area contributed by atoms with Crippen LogP contribution in [0.5, 0.6) is 0 Å². The van der Waals surface area contributed by atoms with Gasteiger partial charge < -0.3 is 4.74 Å². The standard InChI is InChI=1S/C9H14N4O2/c1-9(2,3)15-8(14)13(10)7-11-5-4-6-12-7/h4-6H,10H2,1-3H3. The minimum Gasteiger partial charge on any atom is -0.442 e. The van der Waals surface area contributed by atoms with Crippen LogP contribution in [0.3, 0.4) is 0 Å². The van der Waals surface area contributed by atoms with Gasteiger partial charge in [-0.2, -0.15) is 5.01 Å². The van der Waals surface area contributed by atoms with E-state index in [1.807, 2.05) is 0 Å². The number of amides is 1. The lowest BCUT2D eigenvalue weighted by atomic mass is 10.2. The van der Waals surface area contributed by atoms with E-state index in [0.717, 1.165) is 5.01 Å². The second-order valence-corrected chi connectivity index (χ2v) is 3.90. The maximum atomic E-state index is 11.5. The quantitative estimate of drug-likeness (QED) is 0.426. The topological polar surface area (TPSA) is 81.3 Å². The Morgan fingerprint density at radius 2 is 1.93 bits per heavy atom. The van der Waals surface area contributed by atoms with Crippen LogP contribution in [0.4, 0.5) is 10.7 Å². The number of rotatable bonds is 1. The van der Waals surface area contributed by atoms with Crippen molar-refractivity contribution in [1.82, 2.24) is 9.97 Å². The molecule has 1 aromatic heterocycles. The number of hydrogen-bond acceptors (Lipinski definition) is 5. The molecule has 0 saturated heterocycles. The van der Waals surface area contributed by atoms with E-state index in [1.54, 1.807) is 26.8 Å². The Labute approximate surface area is 88.0 Å². The number of nitrogens with zero attached hydrogens (tertiary/aromatic N) is 3. The summed E-state index contributed by atoms with van der Waals surface area (Å²) in [6.45, 7) is 5.26. The van der Waals surface area contributed by atoms with E-state index < -0.39 is 11.7 Å². The van der Waals surface area contributed by atoms with Crippen LogP contribution in [0.2, 0.25) is 0 Å². The molecule has 6 heteroatoms. The molecule has 0 unspecified atom stereocenters. The van der Waals surface area contributed by atoms with Crippen molar-refractivity contribution < 1.29 is 9.53 Å². The highest BCUT2D eigenvalue weighted by atomic mass is 16.6. The SMILES string of the molecule is CC(C)(C)OC(=O)N(N)c1ncccn1. The zero-order chi connectivity index (χ0) is 11.5. The van der Waals surface area contributed by atoms with Gasteiger partial charge in [0.2, 0.25) is 5.95 Å². The summed E-state index contributed by atoms with van der Waals surface area (Å²) in [4.78, 5) is 19.1. The summed E-state index contributed by atoms with van der Waals surface area (Å²) in [6, 6.07) is 1.63. The van der Waals surface area contributed by atoms with Crippen LogP contribution in [-0.4, -0.2) is 21.7 Å². The summed E-state index contributed by atoms with van der Waals surface area (Å²) in [6.07, 6.45) is 2.30. The molecule has 82 valence electrons. The number of ether oxygens (including phenoxy) is 1. The van der Waals surface area contributed by atoms with Crippen molar-refractivity contribution in [2.24, 2.45) is 5.84 Å². The smallest absolute Gasteiger partial charge is 0.432 e. The van der Waals surface area contributed by atoms with Crippen molar-refractivity contribution >= 4 is 12.0 Å². The van der Waals surface area contributed by atoms with Gasteiger partial charge >= 0.3 is 6.09 Å². The molecule has 1 heterocycles. The molecule has 1 amide bonds. The first-order valence-electron chi connectivity index (χ1n) is 4.45. The van der Waals surface area contributed by atoms with Gasteiger partial charge in [-0.05, 0) is 26.8 Å². The van der Waals surface area contributed by atoms with Crippen LogP contribution < -0.4 is 10.9 Å². The fourth-order valence-corrected chi connectivity index (χ4v) is 0.808. The molecule has 0 aliphatic carbocycles. The van der Waals surface area contributed by atoms with Gasteiger partial charge in [0.25, 0.3) is 0 Å². The van der Waals surface area contributed by atoms with E-state index in [4.69, 9.17) is 10.6 Å². The zero-order valence-corrected chi connectivity index (χ0v) is 8.97. The fraction of sp³-hybridized carbons (Fsp3) is 0.444. The summed E-state index contributed by atoms with van der Waals surface area (Å²) in [7, 11) is 0. The van der Waals surface area contributed by atoms with E-state index in [1.165, 1.54) is 12.4 Å². The van der Waals surface area contributed by atoms with E-state index in [9.17, 15) is 4.79 Å². The monoisotopic (exact) mass is 210 g/mol. The average molecular weight is 210 g/mol. The van der Waals surface area contributed by atoms with E-state index >= 15 is 0 Å². The molecule has 0 aromatic carbocycles. The van der Waals surface area contributed by atoms with E-state index in [2.05, 4.69) is 9.97 Å². The first-order chi connectivity index (χ1) is 6.90. The summed E-state index contributed by atoms with van der Waals surface area (Å²) in [5, 5.41) is 0.769. The van der Waals surface area contributed by atoms with Crippen molar-refractivity contribution in [3.8, 4) is 0 Å². The summed E-state index contributed by atoms with van der Waals surface area (Å²) in [5.74, 6) is 5.58. The zero-order valence-electron chi connectivity index (χ0n) is 8.97. The van der Waals surface area contributed by atoms with Gasteiger partial charge in [-0.15, -0.1) is 0 Å². The molecular weight excluding hydrogens is 196 g/mol. The lowest BCUT2D eigenvalue weighted by molar-refractivity contribution is 0.0577. The van der Waals surface area contributed by atoms with E-state index in [-0.39, 0.29) is 5.95 Å². The Kier molecular flexibility index (Phi) is 3.21. The molecular formula is C9H14N4O2. The van der Waals surface area contributed by atoms with Crippen molar-refractivity contribution in [3.63, 3.8) is 0 Å². The second kappa shape index (κ2) is 4.22. The molecule has 1 rings (SSSR count). The van der Waals surface area contributed by atoms with Gasteiger partial charge in [0.15, 0.2) is 0 Å². The number of carbonyl (C=O) groups excluding carboxylic acids is 1. The van der Waals surface area contributed by atoms with Crippen molar-refractivity contribution in [2.45, 2.75) is 26.4 Å². The maximum absolute atomic E-state index is 11.5. The third-order valence-corrected chi connectivity index (χ3v) is 1.36. The highest BCUT2D eigenvalue weighted by Crippen LogP contribution is 2.10. The first-order valence-corrected chi connectivity index (χ1v) is 4.45. The van der Waals surface area contributed by atoms with Crippen LogP contribution in [0.1, 0.15) is 20.8 Å². The Morgan fingerprint density at radius 1 is 1.40 bits per heavy atom. The third kappa shape index (κ3) is 3.51. The molecule has 0 fully saturated rings. The van der Waals surface area contributed by atoms with Gasteiger partial charge in [0.05, 0.1) is 0 Å². The van der Waals surface area contributed by atoms with Crippen LogP contribution in [0, 0.1) is 0 Å². The van der Waals surface area contributed by atoms with Crippen LogP contribution in [0.25, 0.3) is 0 Å². The minimum atomic E-state index is -0.686. The fourth-order valence-electron chi connectivity index (χ4n) is 0.808. The predicted molar refractivity (Wildman–Crippen MR) is 54.9 cm³/mol. The Balaban J connectivity index is 2.70. The molecule has 1 aromatic rings. The molecule has 0 radical (unpaired) electrons. The minimum absolute atomic E-state index is 0.103. The van der Waals surface area contributed by atoms with Crippen molar-refractivity contribution in [2.75, 3.05) is 5.01 Å². The molecule has 0 spiro atoms. The summed E-state index contributed by atoms with van der Waals surface area (Å²) >= 11 is 0. The molecule has 6 nitrogen and oxygen atoms in total. The van der Waals surface area contributed by atoms with Gasteiger partial charge in [0, 0.05) is 12.4 Å². The molecule has 2 N–H and O–H groups in total. The second-order valence-electron chi connectivity index (χ2n) is 3.90. The lowest BCUT2D eigenvalue weighted by Gasteiger charge is -2.22. The molecule has 15 heavy (non-hydrogen) atoms. The molecule has 0 bridgehead atoms. The van der Waals surface area contributed by atoms with E-state index in [0.29, 0.717) is 0 Å². The molecule has 0 saturated carbocycles. The highest BCUT2D eigenvalue weighted by Gasteiger charge is 2.22. The number of aromatic nitrogens is 2. The van der Waals surface area contributed by atoms with Gasteiger partial charge in [-0.25, -0.2) is 20.6 Å².